The van der Waals surface area contributed by atoms with E-state index in [0.717, 1.165) is 12.1 Å². The normalized spacial score (nSPS) is 16.2. The molecule has 0 aromatic heterocycles. The minimum atomic E-state index is -0.987. The van der Waals surface area contributed by atoms with Crippen LogP contribution < -0.4 is 16.0 Å². The second-order valence-electron chi connectivity index (χ2n) is 14.9. The van der Waals surface area contributed by atoms with Crippen molar-refractivity contribution >= 4 is 17.9 Å². The summed E-state index contributed by atoms with van der Waals surface area (Å²) >= 11 is 0. The van der Waals surface area contributed by atoms with Crippen LogP contribution in [0.5, 0.6) is 0 Å². The van der Waals surface area contributed by atoms with Gasteiger partial charge in [0.2, 0.25) is 11.8 Å². The molecule has 0 saturated heterocycles. The molecule has 0 aliphatic heterocycles. The zero-order chi connectivity index (χ0) is 34.3. The highest BCUT2D eigenvalue weighted by Gasteiger charge is 2.53. The van der Waals surface area contributed by atoms with Crippen molar-refractivity contribution in [3.63, 3.8) is 0 Å². The molecular formula is C36H53FN4O5. The van der Waals surface area contributed by atoms with Gasteiger partial charge in [0.05, 0.1) is 17.7 Å². The minimum Gasteiger partial charge on any atom is -0.444 e. The van der Waals surface area contributed by atoms with Gasteiger partial charge in [0, 0.05) is 6.54 Å². The van der Waals surface area contributed by atoms with Gasteiger partial charge >= 0.3 is 6.09 Å². The van der Waals surface area contributed by atoms with Crippen molar-refractivity contribution < 1.29 is 28.6 Å². The van der Waals surface area contributed by atoms with Crippen LogP contribution in [0.15, 0.2) is 54.6 Å². The summed E-state index contributed by atoms with van der Waals surface area (Å²) in [6.45, 7) is 15.5. The first-order chi connectivity index (χ1) is 21.4. The maximum Gasteiger partial charge on any atom is 0.411 e. The lowest BCUT2D eigenvalue weighted by Gasteiger charge is -2.36. The third-order valence-corrected chi connectivity index (χ3v) is 7.95. The number of aliphatic hydroxyl groups is 1. The van der Waals surface area contributed by atoms with Crippen LogP contribution in [0, 0.1) is 17.2 Å². The number of nitrogens with zero attached hydrogens (tertiary/aromatic N) is 1. The van der Waals surface area contributed by atoms with E-state index in [1.165, 1.54) is 17.0 Å². The van der Waals surface area contributed by atoms with E-state index >= 15 is 0 Å². The van der Waals surface area contributed by atoms with Crippen LogP contribution >= 0.6 is 0 Å². The first kappa shape index (κ1) is 37.0. The summed E-state index contributed by atoms with van der Waals surface area (Å²) in [5.74, 6) is -1.04. The van der Waals surface area contributed by atoms with Gasteiger partial charge in [-0.1, -0.05) is 77.1 Å². The van der Waals surface area contributed by atoms with Crippen molar-refractivity contribution in [2.75, 3.05) is 19.6 Å². The van der Waals surface area contributed by atoms with Crippen LogP contribution in [-0.2, 0) is 26.3 Å². The topological polar surface area (TPSA) is 120 Å². The number of nitrogens with one attached hydrogen (secondary N) is 3. The zero-order valence-corrected chi connectivity index (χ0v) is 28.7. The van der Waals surface area contributed by atoms with Crippen molar-refractivity contribution in [2.24, 2.45) is 11.3 Å². The smallest absolute Gasteiger partial charge is 0.411 e. The number of carbonyl (C=O) groups excluding carboxylic acids is 3. The first-order valence-electron chi connectivity index (χ1n) is 16.2. The molecule has 1 aliphatic rings. The number of hydrogen-bond donors (Lipinski definition) is 4. The van der Waals surface area contributed by atoms with E-state index in [1.807, 2.05) is 51.1 Å². The Hall–Kier alpha value is -3.50. The van der Waals surface area contributed by atoms with Gasteiger partial charge < -0.3 is 25.8 Å². The van der Waals surface area contributed by atoms with E-state index in [1.54, 1.807) is 32.9 Å². The Morgan fingerprint density at radius 3 is 2.15 bits per heavy atom. The Labute approximate surface area is 273 Å². The molecule has 0 bridgehead atoms. The molecule has 9 nitrogen and oxygen atoms in total. The van der Waals surface area contributed by atoms with Crippen molar-refractivity contribution in [3.8, 4) is 0 Å². The molecule has 3 unspecified atom stereocenters. The maximum atomic E-state index is 14.2. The van der Waals surface area contributed by atoms with Gasteiger partial charge in [-0.15, -0.1) is 0 Å². The molecule has 0 spiro atoms. The monoisotopic (exact) mass is 640 g/mol. The number of rotatable bonds is 14. The second-order valence-corrected chi connectivity index (χ2v) is 14.9. The summed E-state index contributed by atoms with van der Waals surface area (Å²) in [5.41, 5.74) is -0.896. The lowest BCUT2D eigenvalue weighted by Crippen LogP contribution is -2.60. The van der Waals surface area contributed by atoms with Gasteiger partial charge in [-0.3, -0.25) is 14.5 Å². The Balaban J connectivity index is 1.83. The molecule has 1 fully saturated rings. The predicted molar refractivity (Wildman–Crippen MR) is 177 cm³/mol. The molecule has 3 rings (SSSR count). The molecule has 0 heterocycles. The fraction of sp³-hybridized carbons (Fsp3) is 0.583. The second kappa shape index (κ2) is 15.4. The molecule has 3 amide bonds. The third kappa shape index (κ3) is 10.8. The molecule has 46 heavy (non-hydrogen) atoms. The summed E-state index contributed by atoms with van der Waals surface area (Å²) < 4.78 is 19.9. The Morgan fingerprint density at radius 1 is 0.957 bits per heavy atom. The summed E-state index contributed by atoms with van der Waals surface area (Å²) in [6, 6.07) is 14.0. The quantitative estimate of drug-likeness (QED) is 0.233. The summed E-state index contributed by atoms with van der Waals surface area (Å²) in [7, 11) is 0. The van der Waals surface area contributed by atoms with Crippen molar-refractivity contribution in [1.82, 2.24) is 20.9 Å². The van der Waals surface area contributed by atoms with E-state index < -0.39 is 58.5 Å². The molecule has 1 aliphatic carbocycles. The highest BCUT2D eigenvalue weighted by Crippen LogP contribution is 2.51. The van der Waals surface area contributed by atoms with E-state index in [2.05, 4.69) is 29.8 Å². The van der Waals surface area contributed by atoms with Crippen LogP contribution in [0.25, 0.3) is 0 Å². The number of benzene rings is 2. The van der Waals surface area contributed by atoms with Gasteiger partial charge in [-0.25, -0.2) is 9.18 Å². The van der Waals surface area contributed by atoms with Gasteiger partial charge in [0.25, 0.3) is 0 Å². The lowest BCUT2D eigenvalue weighted by atomic mass is 9.85. The van der Waals surface area contributed by atoms with Crippen LogP contribution in [0.2, 0.25) is 0 Å². The van der Waals surface area contributed by atoms with Crippen molar-refractivity contribution in [2.45, 2.75) is 104 Å². The molecular weight excluding hydrogens is 587 g/mol. The molecule has 254 valence electrons. The molecule has 10 heteroatoms. The average molecular weight is 641 g/mol. The molecule has 4 N–H and O–H groups in total. The van der Waals surface area contributed by atoms with E-state index in [-0.39, 0.29) is 13.1 Å². The Bertz CT molecular complexity index is 1320. The maximum absolute atomic E-state index is 14.2. The standard InChI is InChI=1S/C36H53FN4O5/c1-24(2)21-38-22-29(42)28(19-25-13-10-9-11-14-25)39-32(44)31(34(3,4)5)40-30(43)23-41(33(45)46-35(6,7)8)36(17-18-36)26-15-12-16-27(37)20-26/h9-16,20,24,28-29,31,38,42H,17-19,21-23H2,1-8H3,(H,39,44)(H,40,43). The zero-order valence-electron chi connectivity index (χ0n) is 28.7. The van der Waals surface area contributed by atoms with Crippen LogP contribution in [0.4, 0.5) is 9.18 Å². The fourth-order valence-corrected chi connectivity index (χ4v) is 5.42. The van der Waals surface area contributed by atoms with Crippen molar-refractivity contribution in [1.29, 1.82) is 0 Å². The van der Waals surface area contributed by atoms with Crippen molar-refractivity contribution in [3.05, 3.63) is 71.5 Å². The number of carbonyl (C=O) groups is 3. The van der Waals surface area contributed by atoms with Crippen LogP contribution in [0.3, 0.4) is 0 Å². The van der Waals surface area contributed by atoms with Gasteiger partial charge in [0.15, 0.2) is 0 Å². The summed E-state index contributed by atoms with van der Waals surface area (Å²) in [6.07, 6.45) is -0.111. The molecule has 2 aromatic rings. The highest BCUT2D eigenvalue weighted by molar-refractivity contribution is 5.90. The number of ether oxygens (including phenoxy) is 1. The van der Waals surface area contributed by atoms with Crippen LogP contribution in [0.1, 0.15) is 79.4 Å². The Kier molecular flexibility index (Phi) is 12.4. The first-order valence-corrected chi connectivity index (χ1v) is 16.2. The molecule has 1 saturated carbocycles. The molecule has 0 radical (unpaired) electrons. The summed E-state index contributed by atoms with van der Waals surface area (Å²) in [4.78, 5) is 42.4. The van der Waals surface area contributed by atoms with E-state index in [9.17, 15) is 23.9 Å². The van der Waals surface area contributed by atoms with Gasteiger partial charge in [-0.2, -0.15) is 0 Å². The van der Waals surface area contributed by atoms with Gasteiger partial charge in [0.1, 0.15) is 24.0 Å². The Morgan fingerprint density at radius 2 is 1.61 bits per heavy atom. The number of hydrogen-bond acceptors (Lipinski definition) is 6. The third-order valence-electron chi connectivity index (χ3n) is 7.95. The van der Waals surface area contributed by atoms with E-state index in [0.29, 0.717) is 30.7 Å². The molecule has 2 aromatic carbocycles. The number of amides is 3. The largest absolute Gasteiger partial charge is 0.444 e. The average Bonchev–Trinajstić information content (AvgIpc) is 3.75. The van der Waals surface area contributed by atoms with Gasteiger partial charge in [-0.05, 0) is 81.2 Å². The molecule has 3 atom stereocenters. The van der Waals surface area contributed by atoms with Crippen LogP contribution in [-0.4, -0.2) is 71.3 Å². The number of aliphatic hydroxyl groups excluding tert-OH is 1. The fourth-order valence-electron chi connectivity index (χ4n) is 5.42. The SMILES string of the molecule is CC(C)CNCC(O)C(Cc1ccccc1)NC(=O)C(NC(=O)CN(C(=O)OC(C)(C)C)C1(c2cccc(F)c2)CC1)C(C)(C)C. The highest BCUT2D eigenvalue weighted by atomic mass is 19.1. The summed E-state index contributed by atoms with van der Waals surface area (Å²) in [5, 5.41) is 20.3. The minimum absolute atomic E-state index is 0.287. The lowest BCUT2D eigenvalue weighted by molar-refractivity contribution is -0.133. The van der Waals surface area contributed by atoms with E-state index in [4.69, 9.17) is 4.74 Å². The number of halogens is 1. The predicted octanol–water partition coefficient (Wildman–Crippen LogP) is 4.92.